The van der Waals surface area contributed by atoms with Gasteiger partial charge in [-0.1, -0.05) is 26.3 Å². The first-order valence-electron chi connectivity index (χ1n) is 8.23. The van der Waals surface area contributed by atoms with E-state index in [1.165, 1.54) is 31.2 Å². The molecule has 0 unspecified atom stereocenters. The van der Waals surface area contributed by atoms with Gasteiger partial charge < -0.3 is 10.6 Å². The van der Waals surface area contributed by atoms with Crippen LogP contribution in [-0.2, 0) is 0 Å². The monoisotopic (exact) mass is 288 g/mol. The summed E-state index contributed by atoms with van der Waals surface area (Å²) in [7, 11) is 0. The standard InChI is InChI=1S/C18H28N2O/c1-4-8-18(9-10-18)13-20-17(21)15-7-6-14(3)12-16(15)19-11-5-2/h6-7,12,19H,4-5,8-11,13H2,1-3H3,(H,20,21). The number of hydrogen-bond acceptors (Lipinski definition) is 2. The van der Waals surface area contributed by atoms with Gasteiger partial charge in [-0.05, 0) is 55.7 Å². The van der Waals surface area contributed by atoms with Gasteiger partial charge in [-0.2, -0.15) is 0 Å². The van der Waals surface area contributed by atoms with Crippen molar-refractivity contribution < 1.29 is 4.79 Å². The lowest BCUT2D eigenvalue weighted by Crippen LogP contribution is -2.30. The van der Waals surface area contributed by atoms with Crippen LogP contribution < -0.4 is 10.6 Å². The van der Waals surface area contributed by atoms with Gasteiger partial charge in [0.25, 0.3) is 5.91 Å². The summed E-state index contributed by atoms with van der Waals surface area (Å²) >= 11 is 0. The molecular formula is C18H28N2O. The fourth-order valence-electron chi connectivity index (χ4n) is 2.85. The van der Waals surface area contributed by atoms with E-state index < -0.39 is 0 Å². The van der Waals surface area contributed by atoms with Crippen LogP contribution in [-0.4, -0.2) is 19.0 Å². The van der Waals surface area contributed by atoms with E-state index in [2.05, 4.69) is 37.5 Å². The predicted octanol–water partition coefficient (Wildman–Crippen LogP) is 4.13. The van der Waals surface area contributed by atoms with E-state index in [1.807, 2.05) is 12.1 Å². The molecule has 0 heterocycles. The molecular weight excluding hydrogens is 260 g/mol. The molecule has 1 fully saturated rings. The molecule has 0 bridgehead atoms. The number of nitrogens with one attached hydrogen (secondary N) is 2. The molecule has 0 aliphatic heterocycles. The molecule has 0 aromatic heterocycles. The Morgan fingerprint density at radius 1 is 1.24 bits per heavy atom. The van der Waals surface area contributed by atoms with Gasteiger partial charge in [0.05, 0.1) is 5.56 Å². The van der Waals surface area contributed by atoms with Gasteiger partial charge in [0.15, 0.2) is 0 Å². The maximum atomic E-state index is 12.5. The quantitative estimate of drug-likeness (QED) is 0.755. The van der Waals surface area contributed by atoms with Crippen LogP contribution in [0.4, 0.5) is 5.69 Å². The highest BCUT2D eigenvalue weighted by Gasteiger charge is 2.41. The second-order valence-electron chi connectivity index (χ2n) is 6.41. The highest BCUT2D eigenvalue weighted by molar-refractivity contribution is 5.99. The summed E-state index contributed by atoms with van der Waals surface area (Å²) < 4.78 is 0. The molecule has 1 aromatic rings. The van der Waals surface area contributed by atoms with Gasteiger partial charge >= 0.3 is 0 Å². The Morgan fingerprint density at radius 2 is 2.00 bits per heavy atom. The molecule has 1 saturated carbocycles. The van der Waals surface area contributed by atoms with E-state index >= 15 is 0 Å². The van der Waals surface area contributed by atoms with Crippen LogP contribution in [0.2, 0.25) is 0 Å². The fraction of sp³-hybridized carbons (Fsp3) is 0.611. The molecule has 0 spiro atoms. The minimum atomic E-state index is 0.0518. The van der Waals surface area contributed by atoms with Crippen molar-refractivity contribution in [1.29, 1.82) is 0 Å². The predicted molar refractivity (Wildman–Crippen MR) is 88.9 cm³/mol. The largest absolute Gasteiger partial charge is 0.384 e. The van der Waals surface area contributed by atoms with Crippen molar-refractivity contribution in [3.05, 3.63) is 29.3 Å². The molecule has 3 nitrogen and oxygen atoms in total. The zero-order valence-electron chi connectivity index (χ0n) is 13.6. The average molecular weight is 288 g/mol. The van der Waals surface area contributed by atoms with Crippen LogP contribution in [0.1, 0.15) is 61.9 Å². The molecule has 0 saturated heterocycles. The summed E-state index contributed by atoms with van der Waals surface area (Å²) in [6, 6.07) is 6.00. The first-order valence-corrected chi connectivity index (χ1v) is 8.23. The van der Waals surface area contributed by atoms with Crippen LogP contribution in [0.25, 0.3) is 0 Å². The summed E-state index contributed by atoms with van der Waals surface area (Å²) in [5, 5.41) is 6.51. The lowest BCUT2D eigenvalue weighted by Gasteiger charge is -2.17. The lowest BCUT2D eigenvalue weighted by atomic mass is 10.0. The van der Waals surface area contributed by atoms with Gasteiger partial charge in [-0.15, -0.1) is 0 Å². The van der Waals surface area contributed by atoms with Crippen LogP contribution in [0, 0.1) is 12.3 Å². The van der Waals surface area contributed by atoms with E-state index in [1.54, 1.807) is 0 Å². The van der Waals surface area contributed by atoms with Crippen LogP contribution in [0.15, 0.2) is 18.2 Å². The number of rotatable bonds is 8. The highest BCUT2D eigenvalue weighted by atomic mass is 16.1. The van der Waals surface area contributed by atoms with Crippen molar-refractivity contribution in [1.82, 2.24) is 5.32 Å². The number of carbonyl (C=O) groups is 1. The lowest BCUT2D eigenvalue weighted by molar-refractivity contribution is 0.0944. The molecule has 3 heteroatoms. The Hall–Kier alpha value is -1.51. The van der Waals surface area contributed by atoms with Crippen molar-refractivity contribution in [3.63, 3.8) is 0 Å². The first-order chi connectivity index (χ1) is 10.1. The van der Waals surface area contributed by atoms with Crippen molar-refractivity contribution >= 4 is 11.6 Å². The summed E-state index contributed by atoms with van der Waals surface area (Å²) in [4.78, 5) is 12.5. The van der Waals surface area contributed by atoms with Gasteiger partial charge in [0, 0.05) is 18.8 Å². The van der Waals surface area contributed by atoms with Crippen LogP contribution in [0.5, 0.6) is 0 Å². The summed E-state index contributed by atoms with van der Waals surface area (Å²) in [6.07, 6.45) is 5.99. The van der Waals surface area contributed by atoms with Crippen molar-refractivity contribution in [2.75, 3.05) is 18.4 Å². The van der Waals surface area contributed by atoms with E-state index in [0.717, 1.165) is 30.8 Å². The smallest absolute Gasteiger partial charge is 0.253 e. The minimum Gasteiger partial charge on any atom is -0.384 e. The SMILES string of the molecule is CCCNc1cc(C)ccc1C(=O)NCC1(CCC)CC1. The maximum absolute atomic E-state index is 12.5. The summed E-state index contributed by atoms with van der Waals surface area (Å²) in [5.74, 6) is 0.0518. The molecule has 1 aliphatic carbocycles. The molecule has 1 amide bonds. The van der Waals surface area contributed by atoms with E-state index in [-0.39, 0.29) is 5.91 Å². The molecule has 1 aromatic carbocycles. The summed E-state index contributed by atoms with van der Waals surface area (Å²) in [5.41, 5.74) is 3.29. The average Bonchev–Trinajstić information content (AvgIpc) is 3.23. The van der Waals surface area contributed by atoms with Crippen molar-refractivity contribution in [2.24, 2.45) is 5.41 Å². The second-order valence-corrected chi connectivity index (χ2v) is 6.41. The van der Waals surface area contributed by atoms with Crippen LogP contribution in [0.3, 0.4) is 0 Å². The van der Waals surface area contributed by atoms with Crippen LogP contribution >= 0.6 is 0 Å². The normalized spacial score (nSPS) is 15.6. The maximum Gasteiger partial charge on any atom is 0.253 e. The first kappa shape index (κ1) is 15.9. The van der Waals surface area contributed by atoms with E-state index in [0.29, 0.717) is 5.41 Å². The Kier molecular flexibility index (Phi) is 5.27. The van der Waals surface area contributed by atoms with E-state index in [4.69, 9.17) is 0 Å². The molecule has 1 aliphatic rings. The molecule has 2 N–H and O–H groups in total. The number of amides is 1. The van der Waals surface area contributed by atoms with Gasteiger partial charge in [-0.3, -0.25) is 4.79 Å². The number of aryl methyl sites for hydroxylation is 1. The molecule has 2 rings (SSSR count). The number of benzene rings is 1. The Morgan fingerprint density at radius 3 is 2.62 bits per heavy atom. The topological polar surface area (TPSA) is 41.1 Å². The highest BCUT2D eigenvalue weighted by Crippen LogP contribution is 2.48. The number of hydrogen-bond donors (Lipinski definition) is 2. The minimum absolute atomic E-state index is 0.0518. The molecule has 21 heavy (non-hydrogen) atoms. The third kappa shape index (κ3) is 4.23. The zero-order valence-corrected chi connectivity index (χ0v) is 13.6. The Bertz CT molecular complexity index is 492. The van der Waals surface area contributed by atoms with Gasteiger partial charge in [0.2, 0.25) is 0 Å². The third-order valence-corrected chi connectivity index (χ3v) is 4.35. The molecule has 116 valence electrons. The van der Waals surface area contributed by atoms with Gasteiger partial charge in [-0.25, -0.2) is 0 Å². The number of anilines is 1. The van der Waals surface area contributed by atoms with Crippen molar-refractivity contribution in [3.8, 4) is 0 Å². The fourth-order valence-corrected chi connectivity index (χ4v) is 2.85. The second kappa shape index (κ2) is 6.97. The van der Waals surface area contributed by atoms with Gasteiger partial charge in [0.1, 0.15) is 0 Å². The van der Waals surface area contributed by atoms with Crippen molar-refractivity contribution in [2.45, 2.75) is 52.9 Å². The number of carbonyl (C=O) groups excluding carboxylic acids is 1. The summed E-state index contributed by atoms with van der Waals surface area (Å²) in [6.45, 7) is 8.11. The Labute approximate surface area is 128 Å². The van der Waals surface area contributed by atoms with E-state index in [9.17, 15) is 4.79 Å². The molecule has 0 atom stereocenters. The molecule has 0 radical (unpaired) electrons. The third-order valence-electron chi connectivity index (χ3n) is 4.35. The zero-order chi connectivity index (χ0) is 15.3. The Balaban J connectivity index is 2.01.